The molecule has 0 fully saturated rings. The molecule has 0 heterocycles. The lowest BCUT2D eigenvalue weighted by molar-refractivity contribution is 0.246. The SMILES string of the molecule is CCC(CCNC(=O)Nc1ccccc1Cl)NC(=O)Nc1ccccc1Cl. The lowest BCUT2D eigenvalue weighted by Crippen LogP contribution is -2.40. The predicted molar refractivity (Wildman–Crippen MR) is 111 cm³/mol. The van der Waals surface area contributed by atoms with Gasteiger partial charge in [0.05, 0.1) is 21.4 Å². The number of para-hydroxylation sites is 2. The summed E-state index contributed by atoms with van der Waals surface area (Å²) in [7, 11) is 0. The van der Waals surface area contributed by atoms with Crippen molar-refractivity contribution in [3.05, 3.63) is 58.6 Å². The normalized spacial score (nSPS) is 11.4. The third-order valence-corrected chi connectivity index (χ3v) is 4.51. The molecule has 2 aromatic rings. The Hall–Kier alpha value is -2.44. The fourth-order valence-corrected chi connectivity index (χ4v) is 2.74. The average Bonchev–Trinajstić information content (AvgIpc) is 2.64. The minimum atomic E-state index is -0.349. The van der Waals surface area contributed by atoms with Crippen LogP contribution in [0.1, 0.15) is 19.8 Å². The maximum atomic E-state index is 12.1. The molecule has 4 amide bonds. The van der Waals surface area contributed by atoms with E-state index in [1.54, 1.807) is 48.5 Å². The summed E-state index contributed by atoms with van der Waals surface area (Å²) in [6.07, 6.45) is 1.31. The quantitative estimate of drug-likeness (QED) is 0.513. The van der Waals surface area contributed by atoms with E-state index in [1.165, 1.54) is 0 Å². The summed E-state index contributed by atoms with van der Waals surface area (Å²) >= 11 is 12.0. The maximum Gasteiger partial charge on any atom is 0.319 e. The smallest absolute Gasteiger partial charge is 0.319 e. The highest BCUT2D eigenvalue weighted by molar-refractivity contribution is 6.34. The number of carbonyl (C=O) groups is 2. The Morgan fingerprint density at radius 3 is 1.93 bits per heavy atom. The van der Waals surface area contributed by atoms with Gasteiger partial charge in [-0.1, -0.05) is 54.4 Å². The van der Waals surface area contributed by atoms with Crippen molar-refractivity contribution in [3.63, 3.8) is 0 Å². The second-order valence-corrected chi connectivity index (χ2v) is 6.65. The first kappa shape index (κ1) is 20.9. The molecule has 0 saturated carbocycles. The molecule has 27 heavy (non-hydrogen) atoms. The Morgan fingerprint density at radius 1 is 0.889 bits per heavy atom. The number of urea groups is 2. The first-order valence-corrected chi connectivity index (χ1v) is 9.36. The van der Waals surface area contributed by atoms with E-state index in [-0.39, 0.29) is 18.1 Å². The topological polar surface area (TPSA) is 82.3 Å². The Morgan fingerprint density at radius 2 is 1.41 bits per heavy atom. The van der Waals surface area contributed by atoms with Gasteiger partial charge in [0, 0.05) is 12.6 Å². The van der Waals surface area contributed by atoms with Crippen molar-refractivity contribution in [2.75, 3.05) is 17.2 Å². The molecule has 144 valence electrons. The van der Waals surface area contributed by atoms with Crippen LogP contribution in [-0.2, 0) is 0 Å². The third kappa shape index (κ3) is 7.00. The van der Waals surface area contributed by atoms with Crippen LogP contribution in [0.2, 0.25) is 10.0 Å². The van der Waals surface area contributed by atoms with E-state index in [4.69, 9.17) is 23.2 Å². The monoisotopic (exact) mass is 408 g/mol. The zero-order chi connectivity index (χ0) is 19.6. The van der Waals surface area contributed by atoms with Crippen LogP contribution < -0.4 is 21.3 Å². The molecule has 0 bridgehead atoms. The van der Waals surface area contributed by atoms with Crippen molar-refractivity contribution in [1.82, 2.24) is 10.6 Å². The number of amides is 4. The van der Waals surface area contributed by atoms with Gasteiger partial charge in [0.25, 0.3) is 0 Å². The first-order valence-electron chi connectivity index (χ1n) is 8.61. The first-order chi connectivity index (χ1) is 13.0. The van der Waals surface area contributed by atoms with E-state index >= 15 is 0 Å². The Kier molecular flexibility index (Phi) is 8.23. The highest BCUT2D eigenvalue weighted by Gasteiger charge is 2.12. The largest absolute Gasteiger partial charge is 0.338 e. The number of nitrogens with one attached hydrogen (secondary N) is 4. The molecule has 0 spiro atoms. The lowest BCUT2D eigenvalue weighted by Gasteiger charge is -2.18. The molecule has 2 rings (SSSR count). The summed E-state index contributed by atoms with van der Waals surface area (Å²) in [5.41, 5.74) is 1.09. The summed E-state index contributed by atoms with van der Waals surface area (Å²) in [6, 6.07) is 13.2. The third-order valence-electron chi connectivity index (χ3n) is 3.85. The number of carbonyl (C=O) groups excluding carboxylic acids is 2. The summed E-state index contributed by atoms with van der Waals surface area (Å²) < 4.78 is 0. The molecule has 4 N–H and O–H groups in total. The number of hydrogen-bond donors (Lipinski definition) is 4. The lowest BCUT2D eigenvalue weighted by atomic mass is 10.1. The van der Waals surface area contributed by atoms with E-state index in [1.807, 2.05) is 6.92 Å². The van der Waals surface area contributed by atoms with Gasteiger partial charge in [0.2, 0.25) is 0 Å². The van der Waals surface area contributed by atoms with Crippen LogP contribution in [0.5, 0.6) is 0 Å². The second kappa shape index (κ2) is 10.6. The highest BCUT2D eigenvalue weighted by Crippen LogP contribution is 2.21. The number of halogens is 2. The fraction of sp³-hybridized carbons (Fsp3) is 0.263. The van der Waals surface area contributed by atoms with E-state index < -0.39 is 0 Å². The van der Waals surface area contributed by atoms with Crippen LogP contribution >= 0.6 is 23.2 Å². The van der Waals surface area contributed by atoms with Crippen LogP contribution in [-0.4, -0.2) is 24.6 Å². The number of benzene rings is 2. The van der Waals surface area contributed by atoms with Gasteiger partial charge in [-0.25, -0.2) is 9.59 Å². The average molecular weight is 409 g/mol. The molecule has 8 heteroatoms. The Bertz CT molecular complexity index is 786. The zero-order valence-electron chi connectivity index (χ0n) is 14.9. The van der Waals surface area contributed by atoms with Crippen molar-refractivity contribution in [3.8, 4) is 0 Å². The predicted octanol–water partition coefficient (Wildman–Crippen LogP) is 5.11. The number of hydrogen-bond acceptors (Lipinski definition) is 2. The molecule has 0 aliphatic rings. The van der Waals surface area contributed by atoms with Gasteiger partial charge >= 0.3 is 12.1 Å². The van der Waals surface area contributed by atoms with Crippen molar-refractivity contribution < 1.29 is 9.59 Å². The summed E-state index contributed by atoms with van der Waals surface area (Å²) in [6.45, 7) is 2.37. The maximum absolute atomic E-state index is 12.1. The Labute approximate surface area is 168 Å². The molecule has 2 aromatic carbocycles. The highest BCUT2D eigenvalue weighted by atomic mass is 35.5. The summed E-state index contributed by atoms with van der Waals surface area (Å²) in [5, 5.41) is 12.0. The van der Waals surface area contributed by atoms with Gasteiger partial charge in [0.15, 0.2) is 0 Å². The molecule has 0 aromatic heterocycles. The van der Waals surface area contributed by atoms with E-state index in [2.05, 4.69) is 21.3 Å². The number of anilines is 2. The van der Waals surface area contributed by atoms with Crippen LogP contribution in [0.3, 0.4) is 0 Å². The molecule has 0 aliphatic carbocycles. The Balaban J connectivity index is 1.74. The van der Waals surface area contributed by atoms with Crippen molar-refractivity contribution >= 4 is 46.6 Å². The molecule has 1 atom stereocenters. The van der Waals surface area contributed by atoms with E-state index in [9.17, 15) is 9.59 Å². The summed E-state index contributed by atoms with van der Waals surface area (Å²) in [4.78, 5) is 24.1. The minimum absolute atomic E-state index is 0.0897. The zero-order valence-corrected chi connectivity index (χ0v) is 16.4. The van der Waals surface area contributed by atoms with Gasteiger partial charge in [-0.3, -0.25) is 0 Å². The van der Waals surface area contributed by atoms with E-state index in [0.717, 1.165) is 6.42 Å². The molecule has 1 unspecified atom stereocenters. The summed E-state index contributed by atoms with van der Waals surface area (Å²) in [5.74, 6) is 0. The van der Waals surface area contributed by atoms with Crippen LogP contribution in [0, 0.1) is 0 Å². The van der Waals surface area contributed by atoms with Crippen LogP contribution in [0.4, 0.5) is 21.0 Å². The molecule has 0 radical (unpaired) electrons. The van der Waals surface area contributed by atoms with Gasteiger partial charge in [-0.2, -0.15) is 0 Å². The van der Waals surface area contributed by atoms with Crippen LogP contribution in [0.25, 0.3) is 0 Å². The van der Waals surface area contributed by atoms with Gasteiger partial charge < -0.3 is 21.3 Å². The van der Waals surface area contributed by atoms with Crippen molar-refractivity contribution in [1.29, 1.82) is 0 Å². The molecule has 0 saturated heterocycles. The molecular weight excluding hydrogens is 387 g/mol. The number of rotatable bonds is 7. The van der Waals surface area contributed by atoms with Gasteiger partial charge in [0.1, 0.15) is 0 Å². The standard InChI is InChI=1S/C19H22Cl2N4O2/c1-2-13(23-19(27)25-17-10-6-4-8-15(17)21)11-12-22-18(26)24-16-9-5-3-7-14(16)20/h3-10,13H,2,11-12H2,1H3,(H2,22,24,26)(H2,23,25,27). The molecule has 0 aliphatic heterocycles. The van der Waals surface area contributed by atoms with Gasteiger partial charge in [-0.05, 0) is 37.1 Å². The van der Waals surface area contributed by atoms with Crippen molar-refractivity contribution in [2.45, 2.75) is 25.8 Å². The second-order valence-electron chi connectivity index (χ2n) is 5.83. The molecular formula is C19H22Cl2N4O2. The van der Waals surface area contributed by atoms with E-state index in [0.29, 0.717) is 34.4 Å². The van der Waals surface area contributed by atoms with Crippen molar-refractivity contribution in [2.24, 2.45) is 0 Å². The minimum Gasteiger partial charge on any atom is -0.338 e. The fourth-order valence-electron chi connectivity index (χ4n) is 2.37. The van der Waals surface area contributed by atoms with Gasteiger partial charge in [-0.15, -0.1) is 0 Å². The molecule has 6 nitrogen and oxygen atoms in total. The van der Waals surface area contributed by atoms with Crippen LogP contribution in [0.15, 0.2) is 48.5 Å².